The van der Waals surface area contributed by atoms with Gasteiger partial charge in [-0.1, -0.05) is 0 Å². The summed E-state index contributed by atoms with van der Waals surface area (Å²) in [5, 5.41) is 0. The van der Waals surface area contributed by atoms with E-state index in [4.69, 9.17) is 23.5 Å². The Hall–Kier alpha value is -1.84. The maximum absolute atomic E-state index is 13.1. The van der Waals surface area contributed by atoms with E-state index in [0.717, 1.165) is 0 Å². The Balaban J connectivity index is 2.50. The third-order valence-electron chi connectivity index (χ3n) is 5.77. The zero-order chi connectivity index (χ0) is 23.8. The van der Waals surface area contributed by atoms with Gasteiger partial charge in [-0.15, -0.1) is 0 Å². The van der Waals surface area contributed by atoms with Crippen LogP contribution in [0.2, 0.25) is 0 Å². The minimum absolute atomic E-state index is 0.266. The van der Waals surface area contributed by atoms with Gasteiger partial charge in [-0.2, -0.15) is 0 Å². The highest BCUT2D eigenvalue weighted by molar-refractivity contribution is 6.63. The van der Waals surface area contributed by atoms with Gasteiger partial charge >= 0.3 is 13.1 Å². The van der Waals surface area contributed by atoms with E-state index in [1.807, 2.05) is 34.6 Å². The molecule has 0 amide bonds. The Kier molecular flexibility index (Phi) is 7.35. The van der Waals surface area contributed by atoms with Crippen LogP contribution in [0, 0.1) is 0 Å². The number of hydrogen-bond acceptors (Lipinski definition) is 7. The minimum atomic E-state index is -0.872. The van der Waals surface area contributed by atoms with Gasteiger partial charge in [-0.05, 0) is 55.4 Å². The summed E-state index contributed by atoms with van der Waals surface area (Å²) in [7, 11) is 2.29. The molecule has 1 saturated heterocycles. The SMILES string of the molecule is COc1cn(C(C[C@H](C)OC)C(=O)OC(C)(C)C)c(=O)cc1B1OC(C)(C)C(C)(C)O1. The smallest absolute Gasteiger partial charge is 0.496 e. The first kappa shape index (κ1) is 25.4. The molecule has 1 aliphatic rings. The molecule has 2 atom stereocenters. The molecule has 0 spiro atoms. The molecule has 0 bridgehead atoms. The van der Waals surface area contributed by atoms with Crippen molar-refractivity contribution >= 4 is 18.6 Å². The lowest BCUT2D eigenvalue weighted by atomic mass is 9.79. The average molecular weight is 437 g/mol. The van der Waals surface area contributed by atoms with Crippen LogP contribution in [0.25, 0.3) is 0 Å². The van der Waals surface area contributed by atoms with Crippen LogP contribution in [0.5, 0.6) is 5.75 Å². The molecule has 2 heterocycles. The molecule has 31 heavy (non-hydrogen) atoms. The molecule has 1 fully saturated rings. The average Bonchev–Trinajstić information content (AvgIpc) is 2.85. The lowest BCUT2D eigenvalue weighted by Gasteiger charge is -2.32. The van der Waals surface area contributed by atoms with E-state index in [0.29, 0.717) is 11.2 Å². The van der Waals surface area contributed by atoms with Crippen LogP contribution < -0.4 is 15.8 Å². The number of carbonyl (C=O) groups is 1. The summed E-state index contributed by atoms with van der Waals surface area (Å²) < 4.78 is 29.9. The molecule has 2 rings (SSSR count). The van der Waals surface area contributed by atoms with Crippen LogP contribution in [-0.2, 0) is 23.6 Å². The summed E-state index contributed by atoms with van der Waals surface area (Å²) in [6.07, 6.45) is 1.52. The lowest BCUT2D eigenvalue weighted by molar-refractivity contribution is -0.160. The molecule has 1 unspecified atom stereocenters. The molecule has 0 radical (unpaired) electrons. The van der Waals surface area contributed by atoms with Gasteiger partial charge in [-0.25, -0.2) is 4.79 Å². The van der Waals surface area contributed by atoms with Gasteiger partial charge in [0.2, 0.25) is 0 Å². The van der Waals surface area contributed by atoms with Gasteiger partial charge < -0.3 is 23.5 Å². The maximum Gasteiger partial charge on any atom is 0.498 e. The number of pyridine rings is 1. The highest BCUT2D eigenvalue weighted by atomic mass is 16.7. The number of carbonyl (C=O) groups excluding carboxylic acids is 1. The predicted molar refractivity (Wildman–Crippen MR) is 119 cm³/mol. The third kappa shape index (κ3) is 5.70. The van der Waals surface area contributed by atoms with Crippen molar-refractivity contribution in [1.82, 2.24) is 4.57 Å². The van der Waals surface area contributed by atoms with Gasteiger partial charge in [0.1, 0.15) is 17.4 Å². The van der Waals surface area contributed by atoms with Crippen molar-refractivity contribution in [3.63, 3.8) is 0 Å². The van der Waals surface area contributed by atoms with E-state index in [2.05, 4.69) is 0 Å². The van der Waals surface area contributed by atoms with Crippen LogP contribution in [0.4, 0.5) is 0 Å². The fourth-order valence-electron chi connectivity index (χ4n) is 3.22. The van der Waals surface area contributed by atoms with Gasteiger partial charge in [0, 0.05) is 31.3 Å². The molecular weight excluding hydrogens is 401 g/mol. The van der Waals surface area contributed by atoms with Crippen molar-refractivity contribution in [3.05, 3.63) is 22.6 Å². The zero-order valence-corrected chi connectivity index (χ0v) is 20.4. The molecule has 8 nitrogen and oxygen atoms in total. The molecule has 0 saturated carbocycles. The number of aromatic nitrogens is 1. The predicted octanol–water partition coefficient (Wildman–Crippen LogP) is 2.46. The van der Waals surface area contributed by atoms with Crippen molar-refractivity contribution in [2.24, 2.45) is 0 Å². The van der Waals surface area contributed by atoms with Crippen molar-refractivity contribution in [2.45, 2.75) is 90.8 Å². The van der Waals surface area contributed by atoms with E-state index in [9.17, 15) is 9.59 Å². The monoisotopic (exact) mass is 437 g/mol. The summed E-state index contributed by atoms with van der Waals surface area (Å²) in [4.78, 5) is 26.1. The molecule has 0 aromatic carbocycles. The first-order chi connectivity index (χ1) is 14.1. The van der Waals surface area contributed by atoms with E-state index >= 15 is 0 Å². The molecule has 9 heteroatoms. The second-order valence-corrected chi connectivity index (χ2v) is 9.96. The largest absolute Gasteiger partial charge is 0.498 e. The van der Waals surface area contributed by atoms with Crippen LogP contribution in [0.3, 0.4) is 0 Å². The van der Waals surface area contributed by atoms with Crippen molar-refractivity contribution in [2.75, 3.05) is 14.2 Å². The van der Waals surface area contributed by atoms with Crippen molar-refractivity contribution < 1.29 is 28.3 Å². The van der Waals surface area contributed by atoms with Gasteiger partial charge in [0.15, 0.2) is 0 Å². The number of methoxy groups -OCH3 is 2. The Bertz CT molecular complexity index is 840. The van der Waals surface area contributed by atoms with Crippen LogP contribution in [-0.4, -0.2) is 54.8 Å². The van der Waals surface area contributed by atoms with E-state index < -0.39 is 35.9 Å². The molecular formula is C22H36BNO7. The van der Waals surface area contributed by atoms with Gasteiger partial charge in [-0.3, -0.25) is 9.36 Å². The zero-order valence-electron chi connectivity index (χ0n) is 20.4. The van der Waals surface area contributed by atoms with Crippen molar-refractivity contribution in [3.8, 4) is 5.75 Å². The first-order valence-corrected chi connectivity index (χ1v) is 10.5. The van der Waals surface area contributed by atoms with Crippen molar-refractivity contribution in [1.29, 1.82) is 0 Å². The Morgan fingerprint density at radius 3 is 2.16 bits per heavy atom. The first-order valence-electron chi connectivity index (χ1n) is 10.5. The topological polar surface area (TPSA) is 85.2 Å². The van der Waals surface area contributed by atoms with Crippen LogP contribution in [0.15, 0.2) is 17.1 Å². The van der Waals surface area contributed by atoms with E-state index in [-0.39, 0.29) is 18.1 Å². The summed E-state index contributed by atoms with van der Waals surface area (Å²) in [5.41, 5.74) is -1.73. The minimum Gasteiger partial charge on any atom is -0.496 e. The Labute approximate surface area is 185 Å². The third-order valence-corrected chi connectivity index (χ3v) is 5.77. The number of esters is 1. The standard InChI is InChI=1S/C22H36BNO7/c1-14(27-9)11-16(19(26)29-20(2,3)4)24-13-17(28-10)15(12-18(24)25)23-30-21(5,6)22(7,8)31-23/h12-14,16H,11H2,1-10H3/t14-,16?/m0/s1. The maximum atomic E-state index is 13.1. The molecule has 0 N–H and O–H groups in total. The quantitative estimate of drug-likeness (QED) is 0.479. The number of nitrogens with zero attached hydrogens (tertiary/aromatic N) is 1. The number of ether oxygens (including phenoxy) is 3. The highest BCUT2D eigenvalue weighted by Crippen LogP contribution is 2.37. The van der Waals surface area contributed by atoms with Gasteiger partial charge in [0.05, 0.1) is 24.4 Å². The summed E-state index contributed by atoms with van der Waals surface area (Å²) in [6, 6.07) is 0.526. The molecule has 1 aliphatic heterocycles. The lowest BCUT2D eigenvalue weighted by Crippen LogP contribution is -2.42. The molecule has 174 valence electrons. The normalized spacial score (nSPS) is 19.7. The number of hydrogen-bond donors (Lipinski definition) is 0. The Morgan fingerprint density at radius 1 is 1.16 bits per heavy atom. The van der Waals surface area contributed by atoms with E-state index in [1.54, 1.807) is 27.9 Å². The molecule has 1 aromatic heterocycles. The van der Waals surface area contributed by atoms with Gasteiger partial charge in [0.25, 0.3) is 5.56 Å². The molecule has 0 aliphatic carbocycles. The Morgan fingerprint density at radius 2 is 1.71 bits per heavy atom. The fourth-order valence-corrected chi connectivity index (χ4v) is 3.22. The van der Waals surface area contributed by atoms with Crippen LogP contribution in [0.1, 0.15) is 67.9 Å². The second kappa shape index (κ2) is 8.96. The summed E-state index contributed by atoms with van der Waals surface area (Å²) in [5.74, 6) is -0.124. The second-order valence-electron chi connectivity index (χ2n) is 9.96. The highest BCUT2D eigenvalue weighted by Gasteiger charge is 2.52. The van der Waals surface area contributed by atoms with Crippen LogP contribution >= 0.6 is 0 Å². The summed E-state index contributed by atoms with van der Waals surface area (Å²) >= 11 is 0. The fraction of sp³-hybridized carbons (Fsp3) is 0.727. The number of rotatable bonds is 7. The van der Waals surface area contributed by atoms with E-state index in [1.165, 1.54) is 23.9 Å². The molecule has 1 aromatic rings. The summed E-state index contributed by atoms with van der Waals surface area (Å²) in [6.45, 7) is 14.9.